The molecule has 1 rings (SSSR count). The van der Waals surface area contributed by atoms with Gasteiger partial charge in [-0.2, -0.15) is 0 Å². The summed E-state index contributed by atoms with van der Waals surface area (Å²) >= 11 is 3.20. The molecule has 1 aromatic heterocycles. The molecule has 0 radical (unpaired) electrons. The van der Waals surface area contributed by atoms with E-state index in [4.69, 9.17) is 0 Å². The van der Waals surface area contributed by atoms with Crippen molar-refractivity contribution in [3.8, 4) is 0 Å². The fourth-order valence-corrected chi connectivity index (χ4v) is 1.89. The molecular weight excluding hydrogens is 298 g/mol. The van der Waals surface area contributed by atoms with E-state index < -0.39 is 4.92 Å². The highest BCUT2D eigenvalue weighted by molar-refractivity contribution is 9.10. The minimum absolute atomic E-state index is 0.0128. The van der Waals surface area contributed by atoms with Gasteiger partial charge in [0.1, 0.15) is 0 Å². The van der Waals surface area contributed by atoms with E-state index in [1.807, 2.05) is 25.7 Å². The van der Waals surface area contributed by atoms with Gasteiger partial charge in [-0.25, -0.2) is 4.98 Å². The number of nitro groups is 1. The van der Waals surface area contributed by atoms with Gasteiger partial charge in [-0.3, -0.25) is 10.1 Å². The zero-order valence-corrected chi connectivity index (χ0v) is 12.3. The van der Waals surface area contributed by atoms with Crippen LogP contribution in [0.3, 0.4) is 0 Å². The van der Waals surface area contributed by atoms with Crippen molar-refractivity contribution >= 4 is 27.4 Å². The van der Waals surface area contributed by atoms with Crippen LogP contribution < -0.4 is 4.90 Å². The predicted octanol–water partition coefficient (Wildman–Crippen LogP) is 3.54. The third kappa shape index (κ3) is 3.29. The van der Waals surface area contributed by atoms with E-state index >= 15 is 0 Å². The average molecular weight is 314 g/mol. The lowest BCUT2D eigenvalue weighted by Crippen LogP contribution is -2.42. The summed E-state index contributed by atoms with van der Waals surface area (Å²) in [5.74, 6) is 0.357. The second-order valence-corrected chi connectivity index (χ2v) is 5.74. The molecule has 0 aliphatic heterocycles. The highest BCUT2D eigenvalue weighted by Gasteiger charge is 2.28. The first-order chi connectivity index (χ1) is 8.27. The van der Waals surface area contributed by atoms with E-state index in [0.29, 0.717) is 16.8 Å². The Balaban J connectivity index is 3.36. The van der Waals surface area contributed by atoms with Crippen LogP contribution in [-0.4, -0.2) is 22.0 Å². The molecule has 0 aliphatic rings. The van der Waals surface area contributed by atoms with Crippen LogP contribution in [0, 0.1) is 10.1 Å². The largest absolute Gasteiger partial charge is 0.342 e. The molecule has 0 spiro atoms. The Morgan fingerprint density at radius 1 is 1.61 bits per heavy atom. The van der Waals surface area contributed by atoms with Crippen molar-refractivity contribution in [1.82, 2.24) is 4.98 Å². The highest BCUT2D eigenvalue weighted by Crippen LogP contribution is 2.32. The van der Waals surface area contributed by atoms with Gasteiger partial charge in [0, 0.05) is 28.8 Å². The van der Waals surface area contributed by atoms with Crippen LogP contribution in [0.5, 0.6) is 0 Å². The molecule has 1 aromatic rings. The number of halogens is 1. The Hall–Kier alpha value is -1.43. The van der Waals surface area contributed by atoms with Crippen molar-refractivity contribution in [2.75, 3.05) is 11.4 Å². The first-order valence-corrected chi connectivity index (χ1v) is 6.25. The third-order valence-electron chi connectivity index (χ3n) is 2.39. The van der Waals surface area contributed by atoms with Gasteiger partial charge < -0.3 is 4.90 Å². The second kappa shape index (κ2) is 5.48. The zero-order valence-electron chi connectivity index (χ0n) is 10.7. The quantitative estimate of drug-likeness (QED) is 0.484. The van der Waals surface area contributed by atoms with Crippen molar-refractivity contribution in [3.63, 3.8) is 0 Å². The van der Waals surface area contributed by atoms with Gasteiger partial charge in [-0.15, -0.1) is 6.58 Å². The normalized spacial score (nSPS) is 11.1. The maximum absolute atomic E-state index is 11.1. The summed E-state index contributed by atoms with van der Waals surface area (Å²) in [5, 5.41) is 11.1. The lowest BCUT2D eigenvalue weighted by atomic mass is 10.1. The van der Waals surface area contributed by atoms with E-state index in [0.717, 1.165) is 0 Å². The van der Waals surface area contributed by atoms with Crippen LogP contribution in [0.25, 0.3) is 0 Å². The molecule has 0 N–H and O–H groups in total. The molecule has 18 heavy (non-hydrogen) atoms. The number of rotatable bonds is 4. The molecule has 98 valence electrons. The maximum Gasteiger partial charge on any atom is 0.312 e. The van der Waals surface area contributed by atoms with Crippen molar-refractivity contribution < 1.29 is 4.92 Å². The van der Waals surface area contributed by atoms with Crippen LogP contribution >= 0.6 is 15.9 Å². The number of pyridine rings is 1. The summed E-state index contributed by atoms with van der Waals surface area (Å²) in [6.45, 7) is 10.1. The molecule has 0 fully saturated rings. The SMILES string of the molecule is C=CCN(c1ncc(Br)cc1[N+](=O)[O-])C(C)(C)C. The summed E-state index contributed by atoms with van der Waals surface area (Å²) in [7, 11) is 0. The van der Waals surface area contributed by atoms with Gasteiger partial charge in [-0.05, 0) is 36.7 Å². The van der Waals surface area contributed by atoms with E-state index in [-0.39, 0.29) is 11.2 Å². The molecular formula is C12H16BrN3O2. The summed E-state index contributed by atoms with van der Waals surface area (Å²) in [6.07, 6.45) is 3.27. The molecule has 0 aromatic carbocycles. The smallest absolute Gasteiger partial charge is 0.312 e. The summed E-state index contributed by atoms with van der Waals surface area (Å²) in [4.78, 5) is 16.7. The Kier molecular flexibility index (Phi) is 4.45. The van der Waals surface area contributed by atoms with Crippen molar-refractivity contribution in [2.24, 2.45) is 0 Å². The van der Waals surface area contributed by atoms with Crippen LogP contribution in [0.1, 0.15) is 20.8 Å². The number of nitrogens with zero attached hydrogens (tertiary/aromatic N) is 3. The molecule has 0 aliphatic carbocycles. The molecule has 0 saturated heterocycles. The standard InChI is InChI=1S/C12H16BrN3O2/c1-5-6-15(12(2,3)4)11-10(16(17)18)7-9(13)8-14-11/h5,7-8H,1,6H2,2-4H3. The lowest BCUT2D eigenvalue weighted by molar-refractivity contribution is -0.384. The summed E-state index contributed by atoms with van der Waals surface area (Å²) in [6, 6.07) is 1.46. The number of anilines is 1. The highest BCUT2D eigenvalue weighted by atomic mass is 79.9. The van der Waals surface area contributed by atoms with Crippen molar-refractivity contribution in [2.45, 2.75) is 26.3 Å². The molecule has 0 saturated carbocycles. The molecule has 0 amide bonds. The van der Waals surface area contributed by atoms with Gasteiger partial charge in [-0.1, -0.05) is 6.08 Å². The average Bonchev–Trinajstić information content (AvgIpc) is 2.24. The Morgan fingerprint density at radius 2 is 2.22 bits per heavy atom. The number of hydrogen-bond acceptors (Lipinski definition) is 4. The van der Waals surface area contributed by atoms with E-state index in [2.05, 4.69) is 27.5 Å². The number of aromatic nitrogens is 1. The van der Waals surface area contributed by atoms with Crippen molar-refractivity contribution in [1.29, 1.82) is 0 Å². The van der Waals surface area contributed by atoms with Crippen LogP contribution in [0.4, 0.5) is 11.5 Å². The van der Waals surface area contributed by atoms with Crippen LogP contribution in [-0.2, 0) is 0 Å². The van der Waals surface area contributed by atoms with E-state index in [1.54, 1.807) is 12.3 Å². The van der Waals surface area contributed by atoms with Gasteiger partial charge in [0.25, 0.3) is 0 Å². The van der Waals surface area contributed by atoms with Crippen molar-refractivity contribution in [3.05, 3.63) is 39.5 Å². The first kappa shape index (κ1) is 14.6. The second-order valence-electron chi connectivity index (χ2n) is 4.82. The van der Waals surface area contributed by atoms with E-state index in [9.17, 15) is 10.1 Å². The Labute approximate surface area is 115 Å². The minimum Gasteiger partial charge on any atom is -0.342 e. The fourth-order valence-electron chi connectivity index (χ4n) is 1.57. The minimum atomic E-state index is -0.422. The molecule has 6 heteroatoms. The molecule has 5 nitrogen and oxygen atoms in total. The van der Waals surface area contributed by atoms with E-state index in [1.165, 1.54) is 6.07 Å². The van der Waals surface area contributed by atoms with Gasteiger partial charge in [0.2, 0.25) is 5.82 Å². The number of hydrogen-bond donors (Lipinski definition) is 0. The Bertz CT molecular complexity index is 469. The third-order valence-corrected chi connectivity index (χ3v) is 2.82. The monoisotopic (exact) mass is 313 g/mol. The van der Waals surface area contributed by atoms with Crippen LogP contribution in [0.15, 0.2) is 29.4 Å². The zero-order chi connectivity index (χ0) is 13.9. The summed E-state index contributed by atoms with van der Waals surface area (Å²) < 4.78 is 0.588. The fraction of sp³-hybridized carbons (Fsp3) is 0.417. The molecule has 0 bridgehead atoms. The topological polar surface area (TPSA) is 59.3 Å². The maximum atomic E-state index is 11.1. The van der Waals surface area contributed by atoms with Gasteiger partial charge in [0.15, 0.2) is 0 Å². The predicted molar refractivity (Wildman–Crippen MR) is 75.9 cm³/mol. The van der Waals surface area contributed by atoms with Crippen LogP contribution in [0.2, 0.25) is 0 Å². The lowest BCUT2D eigenvalue weighted by Gasteiger charge is -2.35. The molecule has 0 atom stereocenters. The summed E-state index contributed by atoms with van der Waals surface area (Å²) in [5.41, 5.74) is -0.291. The van der Waals surface area contributed by atoms with Gasteiger partial charge in [0.05, 0.1) is 4.92 Å². The molecule has 0 unspecified atom stereocenters. The van der Waals surface area contributed by atoms with Gasteiger partial charge >= 0.3 is 5.69 Å². The molecule has 1 heterocycles. The Morgan fingerprint density at radius 3 is 2.67 bits per heavy atom. The first-order valence-electron chi connectivity index (χ1n) is 5.46.